The zero-order chi connectivity index (χ0) is 25.3. The van der Waals surface area contributed by atoms with Crippen LogP contribution in [0.4, 0.5) is 10.1 Å². The molecule has 10 heteroatoms. The molecule has 0 unspecified atom stereocenters. The molecule has 3 heterocycles. The minimum Gasteiger partial charge on any atom is -0.369 e. The summed E-state index contributed by atoms with van der Waals surface area (Å²) >= 11 is 1.70. The number of hydrogen-bond acceptors (Lipinski definition) is 8. The highest BCUT2D eigenvalue weighted by molar-refractivity contribution is 7.98. The fourth-order valence-electron chi connectivity index (χ4n) is 4.74. The number of halogens is 1. The molecule has 3 aromatic rings. The van der Waals surface area contributed by atoms with Crippen molar-refractivity contribution in [2.75, 3.05) is 25.5 Å². The van der Waals surface area contributed by atoms with E-state index >= 15 is 0 Å². The van der Waals surface area contributed by atoms with Crippen LogP contribution in [-0.2, 0) is 18.5 Å². The summed E-state index contributed by atoms with van der Waals surface area (Å²) in [5.74, 6) is -0.392. The van der Waals surface area contributed by atoms with Crippen LogP contribution in [0.15, 0.2) is 66.0 Å². The third kappa shape index (κ3) is 4.66. The highest BCUT2D eigenvalue weighted by Crippen LogP contribution is 2.52. The molecule has 2 aliphatic rings. The molecule has 1 aromatic carbocycles. The maximum atomic E-state index is 13.2. The van der Waals surface area contributed by atoms with Gasteiger partial charge in [0.25, 0.3) is 5.91 Å². The molecule has 0 fully saturated rings. The Labute approximate surface area is 214 Å². The summed E-state index contributed by atoms with van der Waals surface area (Å²) in [5, 5.41) is 3.01. The summed E-state index contributed by atoms with van der Waals surface area (Å²) in [7, 11) is 1.94. The molecular weight excluding hydrogens is 477 g/mol. The maximum Gasteiger partial charge on any atom is 0.274 e. The minimum absolute atomic E-state index is 0.128. The summed E-state index contributed by atoms with van der Waals surface area (Å²) in [4.78, 5) is 28.2. The second-order valence-electron chi connectivity index (χ2n) is 9.04. The quantitative estimate of drug-likeness (QED) is 0.475. The molecule has 2 aromatic heterocycles. The van der Waals surface area contributed by atoms with Gasteiger partial charge in [-0.2, -0.15) is 0 Å². The van der Waals surface area contributed by atoms with Crippen molar-refractivity contribution in [3.63, 3.8) is 0 Å². The largest absolute Gasteiger partial charge is 0.369 e. The Balaban J connectivity index is 1.40. The van der Waals surface area contributed by atoms with Gasteiger partial charge in [0.2, 0.25) is 5.96 Å². The molecule has 36 heavy (non-hydrogen) atoms. The van der Waals surface area contributed by atoms with E-state index in [9.17, 15) is 9.18 Å². The maximum absolute atomic E-state index is 13.2. The average molecular weight is 506 g/mol. The van der Waals surface area contributed by atoms with Crippen LogP contribution in [0.25, 0.3) is 0 Å². The van der Waals surface area contributed by atoms with Crippen molar-refractivity contribution >= 4 is 29.5 Å². The Morgan fingerprint density at radius 2 is 2.17 bits per heavy atom. The second-order valence-corrected chi connectivity index (χ2v) is 10.4. The molecular formula is C26H28FN7OS. The number of pyridine rings is 2. The van der Waals surface area contributed by atoms with Crippen molar-refractivity contribution in [2.24, 2.45) is 10.7 Å². The number of rotatable bonds is 7. The lowest BCUT2D eigenvalue weighted by molar-refractivity contribution is 0.102. The van der Waals surface area contributed by atoms with E-state index in [0.29, 0.717) is 11.6 Å². The van der Waals surface area contributed by atoms with E-state index < -0.39 is 17.3 Å². The van der Waals surface area contributed by atoms with Crippen molar-refractivity contribution in [3.05, 3.63) is 89.3 Å². The summed E-state index contributed by atoms with van der Waals surface area (Å²) in [5.41, 5.74) is 10.0. The number of aliphatic imine (C=N–C) groups is 1. The number of nitrogens with two attached hydrogens (primary N) is 1. The summed E-state index contributed by atoms with van der Waals surface area (Å²) in [6.45, 7) is 4.66. The molecule has 1 spiro atoms. The third-order valence-electron chi connectivity index (χ3n) is 6.71. The highest BCUT2D eigenvalue weighted by Gasteiger charge is 2.52. The van der Waals surface area contributed by atoms with Crippen molar-refractivity contribution in [1.82, 2.24) is 19.2 Å². The Hall–Kier alpha value is -3.50. The predicted octanol–water partition coefficient (Wildman–Crippen LogP) is 3.42. The summed E-state index contributed by atoms with van der Waals surface area (Å²) in [6, 6.07) is 12.5. The van der Waals surface area contributed by atoms with E-state index in [0.717, 1.165) is 37.8 Å². The van der Waals surface area contributed by atoms with Crippen LogP contribution in [0.1, 0.15) is 34.1 Å². The van der Waals surface area contributed by atoms with Gasteiger partial charge in [-0.25, -0.2) is 14.4 Å². The number of nitrogens with one attached hydrogen (secondary N) is 1. The molecule has 3 N–H and O–H groups in total. The van der Waals surface area contributed by atoms with Gasteiger partial charge in [-0.3, -0.25) is 19.0 Å². The van der Waals surface area contributed by atoms with Crippen LogP contribution >= 0.6 is 11.9 Å². The number of carbonyl (C=O) groups excluding carboxylic acids is 1. The van der Waals surface area contributed by atoms with Crippen LogP contribution in [0, 0.1) is 5.82 Å². The zero-order valence-corrected chi connectivity index (χ0v) is 21.0. The average Bonchev–Trinajstić information content (AvgIpc) is 2.87. The normalized spacial score (nSPS) is 20.6. The number of anilines is 1. The molecule has 8 nitrogen and oxygen atoms in total. The van der Waals surface area contributed by atoms with Gasteiger partial charge in [0, 0.05) is 44.6 Å². The summed E-state index contributed by atoms with van der Waals surface area (Å²) in [6.07, 6.45) is 5.50. The first-order valence-corrected chi connectivity index (χ1v) is 12.6. The molecule has 0 saturated heterocycles. The lowest BCUT2D eigenvalue weighted by atomic mass is 9.68. The molecule has 2 atom stereocenters. The molecule has 1 aliphatic heterocycles. The number of carbonyl (C=O) groups is 1. The number of amides is 1. The van der Waals surface area contributed by atoms with Crippen LogP contribution in [0.5, 0.6) is 0 Å². The van der Waals surface area contributed by atoms with Gasteiger partial charge in [-0.1, -0.05) is 19.1 Å². The van der Waals surface area contributed by atoms with E-state index in [4.69, 9.17) is 10.7 Å². The topological polar surface area (TPSA) is 99.7 Å². The first-order chi connectivity index (χ1) is 17.4. The first-order valence-electron chi connectivity index (χ1n) is 11.8. The van der Waals surface area contributed by atoms with E-state index in [1.54, 1.807) is 18.1 Å². The van der Waals surface area contributed by atoms with Crippen LogP contribution < -0.4 is 11.1 Å². The second kappa shape index (κ2) is 9.87. The van der Waals surface area contributed by atoms with Crippen LogP contribution in [0.2, 0.25) is 0 Å². The van der Waals surface area contributed by atoms with Gasteiger partial charge >= 0.3 is 0 Å². The van der Waals surface area contributed by atoms with Gasteiger partial charge < -0.3 is 11.1 Å². The van der Waals surface area contributed by atoms with Gasteiger partial charge in [-0.05, 0) is 65.5 Å². The van der Waals surface area contributed by atoms with Gasteiger partial charge in [0.1, 0.15) is 17.1 Å². The predicted molar refractivity (Wildman–Crippen MR) is 140 cm³/mol. The van der Waals surface area contributed by atoms with Crippen LogP contribution in [0.3, 0.4) is 0 Å². The summed E-state index contributed by atoms with van der Waals surface area (Å²) < 4.78 is 15.1. The Morgan fingerprint density at radius 1 is 1.31 bits per heavy atom. The molecule has 1 aliphatic carbocycles. The number of guanidine groups is 1. The molecule has 0 radical (unpaired) electrons. The lowest BCUT2D eigenvalue weighted by Crippen LogP contribution is -2.56. The monoisotopic (exact) mass is 505 g/mol. The molecule has 0 saturated carbocycles. The van der Waals surface area contributed by atoms with E-state index in [1.165, 1.54) is 23.3 Å². The molecule has 0 bridgehead atoms. The van der Waals surface area contributed by atoms with Crippen molar-refractivity contribution in [2.45, 2.75) is 30.7 Å². The molecule has 186 valence electrons. The fourth-order valence-corrected chi connectivity index (χ4v) is 5.98. The third-order valence-corrected chi connectivity index (χ3v) is 8.01. The fraction of sp³-hybridized carbons (Fsp3) is 0.308. The number of fused-ring (bicyclic) bond motifs is 2. The van der Waals surface area contributed by atoms with E-state index in [2.05, 4.69) is 33.2 Å². The number of hydrogen-bond donors (Lipinski definition) is 2. The lowest BCUT2D eigenvalue weighted by Gasteiger charge is -2.50. The minimum atomic E-state index is -0.486. The van der Waals surface area contributed by atoms with Crippen molar-refractivity contribution in [3.8, 4) is 0 Å². The van der Waals surface area contributed by atoms with Crippen molar-refractivity contribution in [1.29, 1.82) is 0 Å². The van der Waals surface area contributed by atoms with E-state index in [-0.39, 0.29) is 10.9 Å². The Bertz CT molecular complexity index is 1290. The van der Waals surface area contributed by atoms with Crippen LogP contribution in [-0.4, -0.2) is 56.4 Å². The Kier molecular flexibility index (Phi) is 6.63. The van der Waals surface area contributed by atoms with Gasteiger partial charge in [-0.15, -0.1) is 0 Å². The molecule has 5 rings (SSSR count). The first kappa shape index (κ1) is 24.2. The molecule has 1 amide bonds. The number of aromatic nitrogens is 2. The standard InChI is InChI=1S/C26H28FN7OS/c1-3-34(15-17-5-4-10-29-13-17)16-23-26(32-25(28)33(2)36-23)12-18-6-8-20(11-21(18)26)31-24(35)22-9-7-19(27)14-30-22/h4-11,13-14,23H,3,12,15-16H2,1-2H3,(H2,28,32)(H,31,35)/t23-,26+/m0/s1. The number of benzene rings is 1. The number of nitrogens with zero attached hydrogens (tertiary/aromatic N) is 5. The highest BCUT2D eigenvalue weighted by atomic mass is 32.2. The van der Waals surface area contributed by atoms with Gasteiger partial charge in [0.05, 0.1) is 11.4 Å². The SMILES string of the molecule is CCN(Cc1cccnc1)C[C@@H]1SN(C)C(N)=N[C@@]12Cc1ccc(NC(=O)c3ccc(F)cn3)cc12. The smallest absolute Gasteiger partial charge is 0.274 e. The van der Waals surface area contributed by atoms with Gasteiger partial charge in [0.15, 0.2) is 0 Å². The Morgan fingerprint density at radius 3 is 2.89 bits per heavy atom. The van der Waals surface area contributed by atoms with Crippen molar-refractivity contribution < 1.29 is 9.18 Å². The zero-order valence-electron chi connectivity index (χ0n) is 20.2. The van der Waals surface area contributed by atoms with E-state index in [1.807, 2.05) is 41.8 Å².